The molecule has 25 heavy (non-hydrogen) atoms. The number of benzene rings is 1. The van der Waals surface area contributed by atoms with Gasteiger partial charge in [0.25, 0.3) is 5.56 Å². The highest BCUT2D eigenvalue weighted by molar-refractivity contribution is 7.18. The maximum atomic E-state index is 12.3. The Balaban J connectivity index is 1.66. The number of hydrogen-bond donors (Lipinski definition) is 1. The van der Waals surface area contributed by atoms with Gasteiger partial charge in [0.05, 0.1) is 15.2 Å². The third-order valence-electron chi connectivity index (χ3n) is 3.16. The number of halogens is 3. The molecule has 0 aliphatic carbocycles. The van der Waals surface area contributed by atoms with Crippen LogP contribution in [0.1, 0.15) is 10.7 Å². The van der Waals surface area contributed by atoms with E-state index in [1.165, 1.54) is 18.2 Å². The molecule has 128 valence electrons. The minimum atomic E-state index is -4.76. The summed E-state index contributed by atoms with van der Waals surface area (Å²) >= 11 is 1.14. The van der Waals surface area contributed by atoms with Crippen molar-refractivity contribution in [3.8, 4) is 5.75 Å². The maximum absolute atomic E-state index is 12.3. The number of ether oxygens (including phenoxy) is 1. The maximum Gasteiger partial charge on any atom is 0.573 e. The van der Waals surface area contributed by atoms with Crippen molar-refractivity contribution in [2.75, 3.05) is 0 Å². The predicted molar refractivity (Wildman–Crippen MR) is 79.3 cm³/mol. The van der Waals surface area contributed by atoms with Gasteiger partial charge in [-0.25, -0.2) is 14.6 Å². The number of aromatic nitrogens is 5. The van der Waals surface area contributed by atoms with E-state index < -0.39 is 11.9 Å². The third kappa shape index (κ3) is 3.15. The first-order valence-corrected chi connectivity index (χ1v) is 7.56. The van der Waals surface area contributed by atoms with Crippen LogP contribution in [0.2, 0.25) is 0 Å². The summed E-state index contributed by atoms with van der Waals surface area (Å²) in [6.07, 6.45) is -4.67. The zero-order valence-electron chi connectivity index (χ0n) is 12.0. The van der Waals surface area contributed by atoms with E-state index in [0.717, 1.165) is 11.3 Å². The molecule has 0 saturated heterocycles. The lowest BCUT2D eigenvalue weighted by atomic mass is 10.3. The number of fused-ring (bicyclic) bond motifs is 2. The molecule has 3 aromatic heterocycles. The molecule has 0 amide bonds. The molecular weight excluding hydrogens is 363 g/mol. The third-order valence-corrected chi connectivity index (χ3v) is 4.18. The van der Waals surface area contributed by atoms with Crippen LogP contribution in [0.15, 0.2) is 27.6 Å². The lowest BCUT2D eigenvalue weighted by Gasteiger charge is -2.07. The molecule has 0 aliphatic rings. The second kappa shape index (κ2) is 5.51. The smallest absolute Gasteiger partial charge is 0.406 e. The molecule has 1 N–H and O–H groups in total. The minimum Gasteiger partial charge on any atom is -0.406 e. The zero-order valence-corrected chi connectivity index (χ0v) is 12.8. The van der Waals surface area contributed by atoms with Crippen LogP contribution in [0.4, 0.5) is 13.2 Å². The SMILES string of the molecule is O=c1[nH]c2nonc2nc1Cc1nc2ccc(OC(F)(F)F)cc2s1. The van der Waals surface area contributed by atoms with Crippen molar-refractivity contribution < 1.29 is 22.5 Å². The van der Waals surface area contributed by atoms with E-state index in [1.54, 1.807) is 0 Å². The van der Waals surface area contributed by atoms with Crippen LogP contribution in [0.3, 0.4) is 0 Å². The fourth-order valence-corrected chi connectivity index (χ4v) is 3.18. The van der Waals surface area contributed by atoms with E-state index >= 15 is 0 Å². The van der Waals surface area contributed by atoms with E-state index in [0.29, 0.717) is 15.2 Å². The highest BCUT2D eigenvalue weighted by Gasteiger charge is 2.31. The first-order valence-electron chi connectivity index (χ1n) is 6.74. The van der Waals surface area contributed by atoms with Crippen LogP contribution in [0.5, 0.6) is 5.75 Å². The Kier molecular flexibility index (Phi) is 3.42. The molecular formula is C13H6F3N5O3S. The van der Waals surface area contributed by atoms with Crippen molar-refractivity contribution in [1.29, 1.82) is 0 Å². The first kappa shape index (κ1) is 15.5. The number of nitrogens with zero attached hydrogens (tertiary/aromatic N) is 4. The van der Waals surface area contributed by atoms with Gasteiger partial charge in [-0.3, -0.25) is 9.78 Å². The molecule has 0 aliphatic heterocycles. The number of alkyl halides is 3. The topological polar surface area (TPSA) is 107 Å². The highest BCUT2D eigenvalue weighted by Crippen LogP contribution is 2.30. The Bertz CT molecular complexity index is 1130. The van der Waals surface area contributed by atoms with Crippen molar-refractivity contribution in [1.82, 2.24) is 25.3 Å². The molecule has 0 atom stereocenters. The van der Waals surface area contributed by atoms with Gasteiger partial charge in [0.1, 0.15) is 11.4 Å². The highest BCUT2D eigenvalue weighted by atomic mass is 32.1. The second-order valence-corrected chi connectivity index (χ2v) is 6.03. The molecule has 4 rings (SSSR count). The number of aromatic amines is 1. The van der Waals surface area contributed by atoms with E-state index in [1.807, 2.05) is 0 Å². The van der Waals surface area contributed by atoms with Crippen molar-refractivity contribution in [3.63, 3.8) is 0 Å². The van der Waals surface area contributed by atoms with E-state index in [4.69, 9.17) is 0 Å². The molecule has 0 unspecified atom stereocenters. The molecule has 0 bridgehead atoms. The fraction of sp³-hybridized carbons (Fsp3) is 0.154. The molecule has 0 spiro atoms. The molecule has 1 aromatic carbocycles. The summed E-state index contributed by atoms with van der Waals surface area (Å²) in [6, 6.07) is 3.84. The van der Waals surface area contributed by atoms with Crippen molar-refractivity contribution in [3.05, 3.63) is 39.3 Å². The number of H-pyrrole nitrogens is 1. The predicted octanol–water partition coefficient (Wildman–Crippen LogP) is 2.41. The normalized spacial score (nSPS) is 12.1. The monoisotopic (exact) mass is 369 g/mol. The fourth-order valence-electron chi connectivity index (χ4n) is 2.18. The van der Waals surface area contributed by atoms with Crippen molar-refractivity contribution >= 4 is 32.8 Å². The summed E-state index contributed by atoms with van der Waals surface area (Å²) in [5.41, 5.74) is 0.455. The van der Waals surface area contributed by atoms with Crippen molar-refractivity contribution in [2.24, 2.45) is 0 Å². The van der Waals surface area contributed by atoms with Crippen LogP contribution >= 0.6 is 11.3 Å². The van der Waals surface area contributed by atoms with Gasteiger partial charge in [-0.1, -0.05) is 0 Å². The minimum absolute atomic E-state index is 0.0902. The summed E-state index contributed by atoms with van der Waals surface area (Å²) in [5.74, 6) is -0.332. The van der Waals surface area contributed by atoms with E-state index in [2.05, 4.69) is 34.6 Å². The Morgan fingerprint density at radius 2 is 2.08 bits per heavy atom. The number of thiazole rings is 1. The molecule has 3 heterocycles. The summed E-state index contributed by atoms with van der Waals surface area (Å²) < 4.78 is 45.7. The quantitative estimate of drug-likeness (QED) is 0.591. The van der Waals surface area contributed by atoms with Crippen LogP contribution in [0, 0.1) is 0 Å². The van der Waals surface area contributed by atoms with Crippen molar-refractivity contribution in [2.45, 2.75) is 12.8 Å². The van der Waals surface area contributed by atoms with E-state index in [9.17, 15) is 18.0 Å². The first-order chi connectivity index (χ1) is 11.9. The Morgan fingerprint density at radius 3 is 2.88 bits per heavy atom. The van der Waals surface area contributed by atoms with Crippen LogP contribution in [-0.2, 0) is 6.42 Å². The van der Waals surface area contributed by atoms with Crippen LogP contribution < -0.4 is 10.3 Å². The standard InChI is InChI=1S/C13H6F3N5O3S/c14-13(15,16)23-5-1-2-6-8(3-5)25-9(17-6)4-7-12(22)19-11-10(18-7)20-24-21-11/h1-3H,4H2,(H,19,21,22). The average molecular weight is 369 g/mol. The Labute approximate surface area is 139 Å². The van der Waals surface area contributed by atoms with Gasteiger partial charge in [-0.05, 0) is 28.5 Å². The van der Waals surface area contributed by atoms with Gasteiger partial charge in [-0.2, -0.15) is 0 Å². The van der Waals surface area contributed by atoms with Crippen LogP contribution in [-0.4, -0.2) is 31.6 Å². The van der Waals surface area contributed by atoms with E-state index in [-0.39, 0.29) is 29.2 Å². The van der Waals surface area contributed by atoms with Gasteiger partial charge in [0, 0.05) is 6.42 Å². The molecule has 0 saturated carbocycles. The van der Waals surface area contributed by atoms with Gasteiger partial charge in [0.2, 0.25) is 11.3 Å². The largest absolute Gasteiger partial charge is 0.573 e. The van der Waals surface area contributed by atoms with Gasteiger partial charge >= 0.3 is 6.36 Å². The lowest BCUT2D eigenvalue weighted by molar-refractivity contribution is -0.274. The Hall–Kier alpha value is -3.02. The number of nitrogens with one attached hydrogen (secondary N) is 1. The molecule has 0 radical (unpaired) electrons. The summed E-state index contributed by atoms with van der Waals surface area (Å²) in [6.45, 7) is 0. The zero-order chi connectivity index (χ0) is 17.6. The molecule has 4 aromatic rings. The summed E-state index contributed by atoms with van der Waals surface area (Å²) in [7, 11) is 0. The molecule has 0 fully saturated rings. The summed E-state index contributed by atoms with van der Waals surface area (Å²) in [5, 5.41) is 7.53. The second-order valence-electron chi connectivity index (χ2n) is 4.91. The van der Waals surface area contributed by atoms with Gasteiger partial charge < -0.3 is 4.74 Å². The summed E-state index contributed by atoms with van der Waals surface area (Å²) in [4.78, 5) is 22.8. The van der Waals surface area contributed by atoms with Gasteiger partial charge in [-0.15, -0.1) is 24.5 Å². The average Bonchev–Trinajstić information content (AvgIpc) is 3.11. The number of rotatable bonds is 3. The molecule has 12 heteroatoms. The number of hydrogen-bond acceptors (Lipinski definition) is 8. The molecule has 8 nitrogen and oxygen atoms in total. The van der Waals surface area contributed by atoms with Gasteiger partial charge in [0.15, 0.2) is 0 Å². The van der Waals surface area contributed by atoms with Crippen LogP contribution in [0.25, 0.3) is 21.5 Å². The lowest BCUT2D eigenvalue weighted by Crippen LogP contribution is -2.16. The Morgan fingerprint density at radius 1 is 1.24 bits per heavy atom.